The average molecular weight is 284 g/mol. The summed E-state index contributed by atoms with van der Waals surface area (Å²) in [5, 5.41) is 6.21. The predicted molar refractivity (Wildman–Crippen MR) is 85.1 cm³/mol. The molecule has 0 aliphatic rings. The SMILES string of the molecule is C=CCNC(=NC)NCc1ncc(-c2ccc(C)cc2)o1. The number of aliphatic imine (C=N–C) groups is 1. The van der Waals surface area contributed by atoms with E-state index in [0.717, 1.165) is 11.3 Å². The number of nitrogens with one attached hydrogen (secondary N) is 2. The number of oxazole rings is 1. The number of hydrogen-bond acceptors (Lipinski definition) is 3. The maximum absolute atomic E-state index is 5.73. The van der Waals surface area contributed by atoms with Gasteiger partial charge in [-0.25, -0.2) is 4.98 Å². The lowest BCUT2D eigenvalue weighted by Gasteiger charge is -2.08. The molecule has 0 fully saturated rings. The first-order valence-corrected chi connectivity index (χ1v) is 6.80. The Labute approximate surface area is 124 Å². The van der Waals surface area contributed by atoms with E-state index in [1.807, 2.05) is 12.1 Å². The molecular weight excluding hydrogens is 264 g/mol. The fraction of sp³-hybridized carbons (Fsp3) is 0.250. The van der Waals surface area contributed by atoms with Crippen LogP contribution in [0.4, 0.5) is 0 Å². The largest absolute Gasteiger partial charge is 0.439 e. The van der Waals surface area contributed by atoms with Gasteiger partial charge in [0.2, 0.25) is 5.89 Å². The molecule has 21 heavy (non-hydrogen) atoms. The standard InChI is InChI=1S/C16H20N4O/c1-4-9-18-16(17-3)20-11-15-19-10-14(21-15)13-7-5-12(2)6-8-13/h4-8,10H,1,9,11H2,2-3H3,(H2,17,18,20). The molecular formula is C16H20N4O. The molecule has 0 spiro atoms. The minimum atomic E-state index is 0.475. The molecule has 2 rings (SSSR count). The Morgan fingerprint density at radius 1 is 1.33 bits per heavy atom. The highest BCUT2D eigenvalue weighted by Crippen LogP contribution is 2.20. The van der Waals surface area contributed by atoms with Crippen molar-refractivity contribution in [3.63, 3.8) is 0 Å². The van der Waals surface area contributed by atoms with Crippen LogP contribution in [-0.2, 0) is 6.54 Å². The summed E-state index contributed by atoms with van der Waals surface area (Å²) in [5.41, 5.74) is 2.24. The highest BCUT2D eigenvalue weighted by molar-refractivity contribution is 5.79. The Bertz CT molecular complexity index is 613. The lowest BCUT2D eigenvalue weighted by atomic mass is 10.1. The molecule has 2 aromatic rings. The molecule has 0 aliphatic heterocycles. The van der Waals surface area contributed by atoms with Crippen LogP contribution in [0, 0.1) is 6.92 Å². The maximum Gasteiger partial charge on any atom is 0.214 e. The van der Waals surface area contributed by atoms with Gasteiger partial charge < -0.3 is 15.1 Å². The normalized spacial score (nSPS) is 11.2. The smallest absolute Gasteiger partial charge is 0.214 e. The van der Waals surface area contributed by atoms with E-state index in [4.69, 9.17) is 4.42 Å². The van der Waals surface area contributed by atoms with Crippen LogP contribution in [0.3, 0.4) is 0 Å². The summed E-state index contributed by atoms with van der Waals surface area (Å²) in [7, 11) is 1.71. The van der Waals surface area contributed by atoms with Gasteiger partial charge in [0, 0.05) is 19.2 Å². The number of aromatic nitrogens is 1. The molecule has 0 bridgehead atoms. The van der Waals surface area contributed by atoms with Crippen LogP contribution < -0.4 is 10.6 Å². The molecule has 0 saturated heterocycles. The second kappa shape index (κ2) is 7.28. The first kappa shape index (κ1) is 14.8. The van der Waals surface area contributed by atoms with E-state index in [1.165, 1.54) is 5.56 Å². The molecule has 0 unspecified atom stereocenters. The molecule has 0 saturated carbocycles. The lowest BCUT2D eigenvalue weighted by Crippen LogP contribution is -2.36. The summed E-state index contributed by atoms with van der Waals surface area (Å²) in [6.07, 6.45) is 3.51. The van der Waals surface area contributed by atoms with Crippen molar-refractivity contribution in [2.45, 2.75) is 13.5 Å². The minimum absolute atomic E-state index is 0.475. The Morgan fingerprint density at radius 3 is 2.76 bits per heavy atom. The molecule has 2 N–H and O–H groups in total. The molecule has 1 aromatic carbocycles. The van der Waals surface area contributed by atoms with Crippen molar-refractivity contribution in [2.24, 2.45) is 4.99 Å². The molecule has 1 aromatic heterocycles. The number of guanidine groups is 1. The van der Waals surface area contributed by atoms with Crippen LogP contribution in [0.5, 0.6) is 0 Å². The Kier molecular flexibility index (Phi) is 5.15. The van der Waals surface area contributed by atoms with Gasteiger partial charge >= 0.3 is 0 Å². The van der Waals surface area contributed by atoms with Crippen LogP contribution in [-0.4, -0.2) is 24.5 Å². The zero-order valence-corrected chi connectivity index (χ0v) is 12.4. The number of hydrogen-bond donors (Lipinski definition) is 2. The first-order valence-electron chi connectivity index (χ1n) is 6.80. The topological polar surface area (TPSA) is 62.5 Å². The van der Waals surface area contributed by atoms with Crippen LogP contribution in [0.15, 0.2) is 52.5 Å². The molecule has 0 atom stereocenters. The van der Waals surface area contributed by atoms with E-state index in [-0.39, 0.29) is 0 Å². The van der Waals surface area contributed by atoms with Crippen LogP contribution in [0.25, 0.3) is 11.3 Å². The summed E-state index contributed by atoms with van der Waals surface area (Å²) in [6.45, 7) is 6.84. The van der Waals surface area contributed by atoms with Crippen molar-refractivity contribution in [3.05, 3.63) is 54.6 Å². The van der Waals surface area contributed by atoms with Gasteiger partial charge in [0.05, 0.1) is 12.7 Å². The maximum atomic E-state index is 5.73. The van der Waals surface area contributed by atoms with E-state index in [9.17, 15) is 0 Å². The van der Waals surface area contributed by atoms with Crippen molar-refractivity contribution in [3.8, 4) is 11.3 Å². The average Bonchev–Trinajstić information content (AvgIpc) is 2.97. The van der Waals surface area contributed by atoms with E-state index < -0.39 is 0 Å². The van der Waals surface area contributed by atoms with E-state index >= 15 is 0 Å². The number of benzene rings is 1. The van der Waals surface area contributed by atoms with E-state index in [2.05, 4.69) is 46.2 Å². The number of aryl methyl sites for hydroxylation is 1. The zero-order chi connectivity index (χ0) is 15.1. The highest BCUT2D eigenvalue weighted by atomic mass is 16.4. The van der Waals surface area contributed by atoms with Gasteiger partial charge in [0.1, 0.15) is 0 Å². The summed E-state index contributed by atoms with van der Waals surface area (Å²) in [5.74, 6) is 2.07. The summed E-state index contributed by atoms with van der Waals surface area (Å²) in [4.78, 5) is 8.36. The van der Waals surface area contributed by atoms with Crippen molar-refractivity contribution < 1.29 is 4.42 Å². The third-order valence-electron chi connectivity index (χ3n) is 2.93. The molecule has 5 nitrogen and oxygen atoms in total. The van der Waals surface area contributed by atoms with Gasteiger partial charge in [-0.05, 0) is 6.92 Å². The lowest BCUT2D eigenvalue weighted by molar-refractivity contribution is 0.498. The number of rotatable bonds is 5. The minimum Gasteiger partial charge on any atom is -0.439 e. The van der Waals surface area contributed by atoms with Crippen molar-refractivity contribution >= 4 is 5.96 Å². The van der Waals surface area contributed by atoms with Crippen molar-refractivity contribution in [2.75, 3.05) is 13.6 Å². The Morgan fingerprint density at radius 2 is 2.10 bits per heavy atom. The van der Waals surface area contributed by atoms with Gasteiger partial charge in [-0.3, -0.25) is 4.99 Å². The predicted octanol–water partition coefficient (Wildman–Crippen LogP) is 2.50. The summed E-state index contributed by atoms with van der Waals surface area (Å²) >= 11 is 0. The Balaban J connectivity index is 1.97. The second-order valence-corrected chi connectivity index (χ2v) is 4.58. The quantitative estimate of drug-likeness (QED) is 0.503. The molecule has 110 valence electrons. The van der Waals surface area contributed by atoms with Gasteiger partial charge in [-0.2, -0.15) is 0 Å². The molecule has 0 aliphatic carbocycles. The molecule has 0 amide bonds. The van der Waals surface area contributed by atoms with Gasteiger partial charge in [0.15, 0.2) is 11.7 Å². The van der Waals surface area contributed by atoms with E-state index in [0.29, 0.717) is 24.9 Å². The van der Waals surface area contributed by atoms with Crippen molar-refractivity contribution in [1.82, 2.24) is 15.6 Å². The van der Waals surface area contributed by atoms with E-state index in [1.54, 1.807) is 19.3 Å². The van der Waals surface area contributed by atoms with Crippen molar-refractivity contribution in [1.29, 1.82) is 0 Å². The van der Waals surface area contributed by atoms with Crippen LogP contribution in [0.1, 0.15) is 11.5 Å². The third-order valence-corrected chi connectivity index (χ3v) is 2.93. The van der Waals surface area contributed by atoms with Crippen LogP contribution >= 0.6 is 0 Å². The zero-order valence-electron chi connectivity index (χ0n) is 12.4. The van der Waals surface area contributed by atoms with Gasteiger partial charge in [-0.15, -0.1) is 6.58 Å². The van der Waals surface area contributed by atoms with Crippen LogP contribution in [0.2, 0.25) is 0 Å². The monoisotopic (exact) mass is 284 g/mol. The van der Waals surface area contributed by atoms with Gasteiger partial charge in [-0.1, -0.05) is 35.9 Å². The fourth-order valence-electron chi connectivity index (χ4n) is 1.79. The molecule has 5 heteroatoms. The molecule has 1 heterocycles. The third kappa shape index (κ3) is 4.21. The fourth-order valence-corrected chi connectivity index (χ4v) is 1.79. The molecule has 0 radical (unpaired) electrons. The number of nitrogens with zero attached hydrogens (tertiary/aromatic N) is 2. The second-order valence-electron chi connectivity index (χ2n) is 4.58. The first-order chi connectivity index (χ1) is 10.2. The van der Waals surface area contributed by atoms with Gasteiger partial charge in [0.25, 0.3) is 0 Å². The Hall–Kier alpha value is -2.56. The summed E-state index contributed by atoms with van der Waals surface area (Å²) < 4.78 is 5.73. The summed E-state index contributed by atoms with van der Waals surface area (Å²) in [6, 6.07) is 8.16. The highest BCUT2D eigenvalue weighted by Gasteiger charge is 2.06.